The fraction of sp³-hybridized carbons (Fsp3) is 0. The first-order valence-corrected chi connectivity index (χ1v) is 6.40. The number of nitrogens with one attached hydrogen (secondary N) is 1. The van der Waals surface area contributed by atoms with Crippen molar-refractivity contribution in [2.75, 3.05) is 5.32 Å². The molecule has 3 aromatic rings. The van der Waals surface area contributed by atoms with Gasteiger partial charge < -0.3 is 19.9 Å². The zero-order valence-corrected chi connectivity index (χ0v) is 11.2. The van der Waals surface area contributed by atoms with Gasteiger partial charge in [-0.25, -0.2) is 0 Å². The third-order valence-electron chi connectivity index (χ3n) is 3.06. The van der Waals surface area contributed by atoms with E-state index in [1.165, 1.54) is 42.5 Å². The van der Waals surface area contributed by atoms with Crippen LogP contribution < -0.4 is 10.7 Å². The summed E-state index contributed by atoms with van der Waals surface area (Å²) < 4.78 is 5.38. The standard InChI is InChI=1S/C16H11NO5/c18-10-3-1-9(2-4-10)17-16(21)15-8-13(20)12-7-11(19)5-6-14(12)22-15/h1-8,18-19H,(H,17,21). The lowest BCUT2D eigenvalue weighted by Crippen LogP contribution is -2.14. The third kappa shape index (κ3) is 2.62. The number of carbonyl (C=O) groups is 1. The molecule has 2 aromatic carbocycles. The van der Waals surface area contributed by atoms with E-state index in [2.05, 4.69) is 5.32 Å². The quantitative estimate of drug-likeness (QED) is 0.631. The second kappa shape index (κ2) is 5.25. The second-order valence-corrected chi connectivity index (χ2v) is 4.66. The number of carbonyl (C=O) groups excluding carboxylic acids is 1. The van der Waals surface area contributed by atoms with Crippen LogP contribution in [-0.2, 0) is 0 Å². The van der Waals surface area contributed by atoms with Crippen LogP contribution in [0.3, 0.4) is 0 Å². The molecule has 0 bridgehead atoms. The van der Waals surface area contributed by atoms with E-state index in [4.69, 9.17) is 4.42 Å². The fourth-order valence-electron chi connectivity index (χ4n) is 1.99. The zero-order valence-electron chi connectivity index (χ0n) is 11.2. The molecule has 22 heavy (non-hydrogen) atoms. The summed E-state index contributed by atoms with van der Waals surface area (Å²) in [6.45, 7) is 0. The van der Waals surface area contributed by atoms with Crippen LogP contribution in [0.1, 0.15) is 10.6 Å². The van der Waals surface area contributed by atoms with Gasteiger partial charge in [-0.2, -0.15) is 0 Å². The van der Waals surface area contributed by atoms with Crippen LogP contribution in [0.15, 0.2) is 57.7 Å². The largest absolute Gasteiger partial charge is 0.508 e. The minimum Gasteiger partial charge on any atom is -0.508 e. The molecule has 0 aliphatic heterocycles. The summed E-state index contributed by atoms with van der Waals surface area (Å²) in [5.41, 5.74) is 0.241. The number of rotatable bonds is 2. The van der Waals surface area contributed by atoms with Crippen molar-refractivity contribution in [3.8, 4) is 11.5 Å². The molecule has 0 radical (unpaired) electrons. The summed E-state index contributed by atoms with van der Waals surface area (Å²) in [5, 5.41) is 21.3. The normalized spacial score (nSPS) is 10.5. The highest BCUT2D eigenvalue weighted by Crippen LogP contribution is 2.19. The Kier molecular flexibility index (Phi) is 3.27. The average Bonchev–Trinajstić information content (AvgIpc) is 2.50. The van der Waals surface area contributed by atoms with Gasteiger partial charge in [0.1, 0.15) is 17.1 Å². The van der Waals surface area contributed by atoms with E-state index in [-0.39, 0.29) is 28.2 Å². The number of fused-ring (bicyclic) bond motifs is 1. The summed E-state index contributed by atoms with van der Waals surface area (Å²) in [7, 11) is 0. The Balaban J connectivity index is 1.96. The first-order valence-electron chi connectivity index (χ1n) is 6.40. The molecule has 0 saturated carbocycles. The van der Waals surface area contributed by atoms with E-state index in [0.717, 1.165) is 6.07 Å². The average molecular weight is 297 g/mol. The molecule has 3 N–H and O–H groups in total. The maximum atomic E-state index is 12.1. The predicted molar refractivity (Wildman–Crippen MR) is 80.2 cm³/mol. The number of anilines is 1. The summed E-state index contributed by atoms with van der Waals surface area (Å²) >= 11 is 0. The van der Waals surface area contributed by atoms with E-state index in [1.807, 2.05) is 0 Å². The van der Waals surface area contributed by atoms with Gasteiger partial charge in [-0.1, -0.05) is 0 Å². The SMILES string of the molecule is O=C(Nc1ccc(O)cc1)c1cc(=O)c2cc(O)ccc2o1. The number of aromatic hydroxyl groups is 2. The van der Waals surface area contributed by atoms with Gasteiger partial charge in [0.25, 0.3) is 5.91 Å². The van der Waals surface area contributed by atoms with E-state index < -0.39 is 11.3 Å². The highest BCUT2D eigenvalue weighted by Gasteiger charge is 2.13. The molecule has 1 aromatic heterocycles. The molecule has 110 valence electrons. The van der Waals surface area contributed by atoms with Crippen LogP contribution in [0.4, 0.5) is 5.69 Å². The molecule has 0 unspecified atom stereocenters. The molecule has 0 spiro atoms. The molecular weight excluding hydrogens is 286 g/mol. The lowest BCUT2D eigenvalue weighted by atomic mass is 10.2. The number of amides is 1. The number of hydrogen-bond acceptors (Lipinski definition) is 5. The molecule has 3 rings (SSSR count). The molecule has 6 heteroatoms. The lowest BCUT2D eigenvalue weighted by molar-refractivity contribution is 0.0997. The smallest absolute Gasteiger partial charge is 0.291 e. The van der Waals surface area contributed by atoms with Crippen LogP contribution in [0.2, 0.25) is 0 Å². The molecule has 0 saturated heterocycles. The third-order valence-corrected chi connectivity index (χ3v) is 3.06. The summed E-state index contributed by atoms with van der Waals surface area (Å²) in [6, 6.07) is 11.0. The Morgan fingerprint density at radius 2 is 1.64 bits per heavy atom. The minimum absolute atomic E-state index is 0.0545. The Morgan fingerprint density at radius 1 is 0.955 bits per heavy atom. The summed E-state index contributed by atoms with van der Waals surface area (Å²) in [4.78, 5) is 24.1. The topological polar surface area (TPSA) is 99.8 Å². The van der Waals surface area contributed by atoms with Crippen molar-refractivity contribution in [1.82, 2.24) is 0 Å². The molecule has 1 amide bonds. The first kappa shape index (κ1) is 13.7. The van der Waals surface area contributed by atoms with E-state index in [0.29, 0.717) is 5.69 Å². The summed E-state index contributed by atoms with van der Waals surface area (Å²) in [5.74, 6) is -0.704. The second-order valence-electron chi connectivity index (χ2n) is 4.66. The molecule has 6 nitrogen and oxygen atoms in total. The van der Waals surface area contributed by atoms with Crippen LogP contribution in [0.25, 0.3) is 11.0 Å². The van der Waals surface area contributed by atoms with Crippen molar-refractivity contribution < 1.29 is 19.4 Å². The van der Waals surface area contributed by atoms with Crippen LogP contribution in [-0.4, -0.2) is 16.1 Å². The van der Waals surface area contributed by atoms with Crippen molar-refractivity contribution in [3.05, 3.63) is 64.5 Å². The van der Waals surface area contributed by atoms with Crippen LogP contribution in [0.5, 0.6) is 11.5 Å². The molecule has 0 atom stereocenters. The van der Waals surface area contributed by atoms with E-state index in [9.17, 15) is 19.8 Å². The number of phenols is 2. The van der Waals surface area contributed by atoms with Gasteiger partial charge in [-0.3, -0.25) is 9.59 Å². The lowest BCUT2D eigenvalue weighted by Gasteiger charge is -2.05. The number of phenolic OH excluding ortho intramolecular Hbond substituents is 2. The van der Waals surface area contributed by atoms with Gasteiger partial charge in [-0.05, 0) is 42.5 Å². The molecule has 1 heterocycles. The van der Waals surface area contributed by atoms with Crippen molar-refractivity contribution >= 4 is 22.6 Å². The molecular formula is C16H11NO5. The van der Waals surface area contributed by atoms with Crippen molar-refractivity contribution in [2.45, 2.75) is 0 Å². The van der Waals surface area contributed by atoms with Crippen molar-refractivity contribution in [3.63, 3.8) is 0 Å². The first-order chi connectivity index (χ1) is 10.5. The number of benzene rings is 2. The van der Waals surface area contributed by atoms with Gasteiger partial charge in [0.15, 0.2) is 11.2 Å². The van der Waals surface area contributed by atoms with Gasteiger partial charge >= 0.3 is 0 Å². The fourth-order valence-corrected chi connectivity index (χ4v) is 1.99. The van der Waals surface area contributed by atoms with Crippen molar-refractivity contribution in [2.24, 2.45) is 0 Å². The highest BCUT2D eigenvalue weighted by atomic mass is 16.3. The van der Waals surface area contributed by atoms with Crippen LogP contribution >= 0.6 is 0 Å². The number of hydrogen-bond donors (Lipinski definition) is 3. The van der Waals surface area contributed by atoms with E-state index in [1.54, 1.807) is 0 Å². The van der Waals surface area contributed by atoms with Crippen molar-refractivity contribution in [1.29, 1.82) is 0 Å². The van der Waals surface area contributed by atoms with Gasteiger partial charge in [-0.15, -0.1) is 0 Å². The van der Waals surface area contributed by atoms with Gasteiger partial charge in [0.05, 0.1) is 5.39 Å². The Morgan fingerprint density at radius 3 is 2.36 bits per heavy atom. The zero-order chi connectivity index (χ0) is 15.7. The Hall–Kier alpha value is -3.28. The molecule has 0 aliphatic rings. The highest BCUT2D eigenvalue weighted by molar-refractivity contribution is 6.03. The van der Waals surface area contributed by atoms with Crippen LogP contribution in [0, 0.1) is 0 Å². The monoisotopic (exact) mass is 297 g/mol. The van der Waals surface area contributed by atoms with Gasteiger partial charge in [0.2, 0.25) is 0 Å². The summed E-state index contributed by atoms with van der Waals surface area (Å²) in [6.07, 6.45) is 0. The van der Waals surface area contributed by atoms with Gasteiger partial charge in [0, 0.05) is 11.8 Å². The maximum absolute atomic E-state index is 12.1. The minimum atomic E-state index is -0.585. The Labute approximate surface area is 124 Å². The molecule has 0 fully saturated rings. The maximum Gasteiger partial charge on any atom is 0.291 e. The predicted octanol–water partition coefficient (Wildman–Crippen LogP) is 2.46. The van der Waals surface area contributed by atoms with E-state index >= 15 is 0 Å². The molecule has 0 aliphatic carbocycles. The Bertz CT molecular complexity index is 912.